The number of anilines is 1. The molecule has 0 spiro atoms. The summed E-state index contributed by atoms with van der Waals surface area (Å²) in [7, 11) is -3.90. The van der Waals surface area contributed by atoms with E-state index in [1.165, 1.54) is 18.2 Å². The predicted octanol–water partition coefficient (Wildman–Crippen LogP) is 3.69. The minimum atomic E-state index is -3.90. The molecule has 0 unspecified atom stereocenters. The molecular weight excluding hydrogens is 417 g/mol. The average molecular weight is 436 g/mol. The number of carbonyl (C=O) groups is 1. The Bertz CT molecular complexity index is 1120. The molecule has 1 N–H and O–H groups in total. The number of rotatable bonds is 8. The van der Waals surface area contributed by atoms with Gasteiger partial charge in [-0.05, 0) is 30.7 Å². The number of aromatic nitrogens is 2. The van der Waals surface area contributed by atoms with Crippen molar-refractivity contribution in [2.45, 2.75) is 23.4 Å². The topological polar surface area (TPSA) is 98.2 Å². The summed E-state index contributed by atoms with van der Waals surface area (Å²) in [5.41, 5.74) is 0.377. The highest BCUT2D eigenvalue weighted by molar-refractivity contribution is 7.92. The number of benzene rings is 2. The zero-order valence-corrected chi connectivity index (χ0v) is 17.1. The Balaban J connectivity index is 1.71. The molecule has 7 nitrogen and oxygen atoms in total. The van der Waals surface area contributed by atoms with Gasteiger partial charge in [-0.3, -0.25) is 10.1 Å². The largest absolute Gasteiger partial charge is 0.494 e. The van der Waals surface area contributed by atoms with Crippen molar-refractivity contribution in [3.8, 4) is 5.75 Å². The fraction of sp³-hybridized carbons (Fsp3) is 0.211. The maximum absolute atomic E-state index is 13.7. The van der Waals surface area contributed by atoms with Gasteiger partial charge in [0.25, 0.3) is 5.91 Å². The Hall–Kier alpha value is -2.85. The molecule has 0 fully saturated rings. The molecule has 2 aromatic carbocycles. The van der Waals surface area contributed by atoms with Crippen LogP contribution in [0, 0.1) is 5.82 Å². The monoisotopic (exact) mass is 435 g/mol. The SMILES string of the molecule is CCCOc1cccc(C(=O)Nc2nnc(S(=O)(=O)Cc3ccccc3F)s2)c1. The Morgan fingerprint density at radius 3 is 2.72 bits per heavy atom. The molecule has 0 aliphatic rings. The van der Waals surface area contributed by atoms with Crippen LogP contribution in [0.2, 0.25) is 0 Å². The summed E-state index contributed by atoms with van der Waals surface area (Å²) in [5.74, 6) is -1.07. The minimum Gasteiger partial charge on any atom is -0.494 e. The number of carbonyl (C=O) groups excluding carboxylic acids is 1. The summed E-state index contributed by atoms with van der Waals surface area (Å²) in [5, 5.41) is 9.90. The van der Waals surface area contributed by atoms with E-state index in [-0.39, 0.29) is 15.0 Å². The van der Waals surface area contributed by atoms with Crippen LogP contribution in [0.1, 0.15) is 29.3 Å². The van der Waals surface area contributed by atoms with Crippen molar-refractivity contribution in [2.24, 2.45) is 0 Å². The number of amides is 1. The van der Waals surface area contributed by atoms with E-state index < -0.39 is 27.3 Å². The van der Waals surface area contributed by atoms with Gasteiger partial charge in [0.05, 0.1) is 12.4 Å². The summed E-state index contributed by atoms with van der Waals surface area (Å²) in [6, 6.07) is 12.2. The lowest BCUT2D eigenvalue weighted by Crippen LogP contribution is -2.11. The first kappa shape index (κ1) is 20.9. The normalized spacial score (nSPS) is 11.2. The van der Waals surface area contributed by atoms with Crippen LogP contribution < -0.4 is 10.1 Å². The molecule has 0 aliphatic carbocycles. The summed E-state index contributed by atoms with van der Waals surface area (Å²) in [6.45, 7) is 2.51. The van der Waals surface area contributed by atoms with Gasteiger partial charge in [-0.1, -0.05) is 42.5 Å². The highest BCUT2D eigenvalue weighted by Gasteiger charge is 2.23. The highest BCUT2D eigenvalue weighted by Crippen LogP contribution is 2.25. The van der Waals surface area contributed by atoms with Crippen molar-refractivity contribution in [3.63, 3.8) is 0 Å². The Morgan fingerprint density at radius 1 is 1.17 bits per heavy atom. The summed E-state index contributed by atoms with van der Waals surface area (Å²) >= 11 is 0.710. The van der Waals surface area contributed by atoms with Gasteiger partial charge in [0, 0.05) is 11.1 Å². The summed E-state index contributed by atoms with van der Waals surface area (Å²) < 4.78 is 43.9. The van der Waals surface area contributed by atoms with Crippen molar-refractivity contribution in [3.05, 3.63) is 65.5 Å². The fourth-order valence-electron chi connectivity index (χ4n) is 2.38. The molecule has 3 rings (SSSR count). The summed E-state index contributed by atoms with van der Waals surface area (Å²) in [6.07, 6.45) is 0.839. The maximum Gasteiger partial charge on any atom is 0.257 e. The van der Waals surface area contributed by atoms with Crippen LogP contribution >= 0.6 is 11.3 Å². The van der Waals surface area contributed by atoms with E-state index >= 15 is 0 Å². The van der Waals surface area contributed by atoms with E-state index in [4.69, 9.17) is 4.74 Å². The molecule has 1 amide bonds. The number of hydrogen-bond donors (Lipinski definition) is 1. The fourth-order valence-corrected chi connectivity index (χ4v) is 4.71. The zero-order valence-electron chi connectivity index (χ0n) is 15.5. The third-order valence-corrected chi connectivity index (χ3v) is 6.72. The van der Waals surface area contributed by atoms with Crippen LogP contribution in [0.15, 0.2) is 52.9 Å². The first-order chi connectivity index (χ1) is 13.9. The Morgan fingerprint density at radius 2 is 1.97 bits per heavy atom. The number of sulfone groups is 1. The number of hydrogen-bond acceptors (Lipinski definition) is 7. The molecule has 10 heteroatoms. The molecule has 0 radical (unpaired) electrons. The molecule has 0 atom stereocenters. The van der Waals surface area contributed by atoms with Gasteiger partial charge in [0.1, 0.15) is 11.6 Å². The van der Waals surface area contributed by atoms with Crippen molar-refractivity contribution in [1.29, 1.82) is 0 Å². The molecule has 1 heterocycles. The smallest absolute Gasteiger partial charge is 0.257 e. The standard InChI is InChI=1S/C19H18FN3O4S2/c1-2-10-27-15-8-5-7-13(11-15)17(24)21-18-22-23-19(28-18)29(25,26)12-14-6-3-4-9-16(14)20/h3-9,11H,2,10,12H2,1H3,(H,21,22,24). The van der Waals surface area contributed by atoms with Crippen molar-refractivity contribution in [1.82, 2.24) is 10.2 Å². The molecule has 0 saturated carbocycles. The average Bonchev–Trinajstić information content (AvgIpc) is 3.18. The minimum absolute atomic E-state index is 0.0296. The van der Waals surface area contributed by atoms with Gasteiger partial charge in [-0.15, -0.1) is 10.2 Å². The van der Waals surface area contributed by atoms with Gasteiger partial charge in [0.2, 0.25) is 19.3 Å². The van der Waals surface area contributed by atoms with Crippen LogP contribution in [0.25, 0.3) is 0 Å². The van der Waals surface area contributed by atoms with Crippen LogP contribution in [0.4, 0.5) is 9.52 Å². The van der Waals surface area contributed by atoms with Crippen molar-refractivity contribution < 1.29 is 22.3 Å². The van der Waals surface area contributed by atoms with Crippen LogP contribution in [-0.4, -0.2) is 31.1 Å². The van der Waals surface area contributed by atoms with Crippen molar-refractivity contribution >= 4 is 32.2 Å². The van der Waals surface area contributed by atoms with E-state index in [1.54, 1.807) is 30.3 Å². The Kier molecular flexibility index (Phi) is 6.55. The second kappa shape index (κ2) is 9.10. The number of ether oxygens (including phenoxy) is 1. The third kappa shape index (κ3) is 5.36. The van der Waals surface area contributed by atoms with Gasteiger partial charge < -0.3 is 4.74 Å². The van der Waals surface area contributed by atoms with Gasteiger partial charge in [-0.25, -0.2) is 12.8 Å². The van der Waals surface area contributed by atoms with E-state index in [0.29, 0.717) is 29.3 Å². The second-order valence-electron chi connectivity index (χ2n) is 6.05. The lowest BCUT2D eigenvalue weighted by atomic mass is 10.2. The second-order valence-corrected chi connectivity index (χ2v) is 9.19. The number of halogens is 1. The molecule has 0 aliphatic heterocycles. The molecular formula is C19H18FN3O4S2. The van der Waals surface area contributed by atoms with Crippen molar-refractivity contribution in [2.75, 3.05) is 11.9 Å². The van der Waals surface area contributed by atoms with E-state index in [0.717, 1.165) is 6.42 Å². The predicted molar refractivity (Wildman–Crippen MR) is 107 cm³/mol. The van der Waals surface area contributed by atoms with E-state index in [2.05, 4.69) is 15.5 Å². The first-order valence-corrected chi connectivity index (χ1v) is 11.2. The van der Waals surface area contributed by atoms with E-state index in [1.807, 2.05) is 6.92 Å². The summed E-state index contributed by atoms with van der Waals surface area (Å²) in [4.78, 5) is 12.4. The van der Waals surface area contributed by atoms with Gasteiger partial charge in [0.15, 0.2) is 0 Å². The number of nitrogens with zero attached hydrogens (tertiary/aromatic N) is 2. The quantitative estimate of drug-likeness (QED) is 0.542. The first-order valence-electron chi connectivity index (χ1n) is 8.73. The van der Waals surface area contributed by atoms with Crippen LogP contribution in [0.3, 0.4) is 0 Å². The van der Waals surface area contributed by atoms with Gasteiger partial charge >= 0.3 is 0 Å². The molecule has 0 bridgehead atoms. The third-order valence-electron chi connectivity index (χ3n) is 3.77. The highest BCUT2D eigenvalue weighted by atomic mass is 32.2. The number of nitrogens with one attached hydrogen (secondary N) is 1. The van der Waals surface area contributed by atoms with E-state index in [9.17, 15) is 17.6 Å². The molecule has 1 aromatic heterocycles. The molecule has 3 aromatic rings. The molecule has 0 saturated heterocycles. The van der Waals surface area contributed by atoms with Crippen LogP contribution in [0.5, 0.6) is 5.75 Å². The lowest BCUT2D eigenvalue weighted by Gasteiger charge is -2.06. The Labute approximate surface area is 171 Å². The zero-order chi connectivity index (χ0) is 20.9. The maximum atomic E-state index is 13.7. The molecule has 29 heavy (non-hydrogen) atoms. The lowest BCUT2D eigenvalue weighted by molar-refractivity contribution is 0.102. The molecule has 152 valence electrons. The van der Waals surface area contributed by atoms with Crippen LogP contribution in [-0.2, 0) is 15.6 Å². The van der Waals surface area contributed by atoms with Gasteiger partial charge in [-0.2, -0.15) is 0 Å².